The molecule has 6 aliphatic rings. The van der Waals surface area contributed by atoms with Gasteiger partial charge in [0.15, 0.2) is 0 Å². The Balaban J connectivity index is 1.10. The zero-order chi connectivity index (χ0) is 38.2. The predicted molar refractivity (Wildman–Crippen MR) is 241 cm³/mol. The Morgan fingerprint density at radius 2 is 1.53 bits per heavy atom. The monoisotopic (exact) mass is 749 g/mol. The lowest BCUT2D eigenvalue weighted by Crippen LogP contribution is -2.35. The molecule has 0 spiro atoms. The van der Waals surface area contributed by atoms with Crippen LogP contribution in [0.3, 0.4) is 0 Å². The summed E-state index contributed by atoms with van der Waals surface area (Å²) in [5, 5.41) is 7.69. The predicted octanol–water partition coefficient (Wildman–Crippen LogP) is 11.6. The third kappa shape index (κ3) is 5.15. The summed E-state index contributed by atoms with van der Waals surface area (Å²) in [6.07, 6.45) is 30.4. The molecule has 1 fully saturated rings. The van der Waals surface area contributed by atoms with Gasteiger partial charge in [0, 0.05) is 45.3 Å². The molecule has 3 heterocycles. The van der Waals surface area contributed by atoms with E-state index in [0.29, 0.717) is 11.8 Å². The molecule has 5 heteroatoms. The van der Waals surface area contributed by atoms with Gasteiger partial charge >= 0.3 is 0 Å². The summed E-state index contributed by atoms with van der Waals surface area (Å²) in [4.78, 5) is 13.4. The minimum atomic E-state index is -0.245. The topological polar surface area (TPSA) is 44.9 Å². The van der Waals surface area contributed by atoms with Gasteiger partial charge in [-0.15, -0.1) is 0 Å². The van der Waals surface area contributed by atoms with Crippen LogP contribution in [0.4, 0.5) is 5.69 Å². The van der Waals surface area contributed by atoms with Crippen LogP contribution in [-0.2, 0) is 6.42 Å². The van der Waals surface area contributed by atoms with Gasteiger partial charge in [-0.05, 0) is 59.5 Å². The van der Waals surface area contributed by atoms with Gasteiger partial charge in [0.25, 0.3) is 0 Å². The molecule has 58 heavy (non-hydrogen) atoms. The zero-order valence-electron chi connectivity index (χ0n) is 32.2. The average molecular weight is 750 g/mol. The molecule has 6 aromatic rings. The van der Waals surface area contributed by atoms with Gasteiger partial charge in [0.05, 0.1) is 29.0 Å². The first kappa shape index (κ1) is 33.4. The van der Waals surface area contributed by atoms with E-state index in [9.17, 15) is 0 Å². The number of anilines is 1. The van der Waals surface area contributed by atoms with Crippen molar-refractivity contribution in [2.45, 2.75) is 37.5 Å². The van der Waals surface area contributed by atoms with Crippen LogP contribution in [0.5, 0.6) is 0 Å². The highest BCUT2D eigenvalue weighted by molar-refractivity contribution is 6.16. The van der Waals surface area contributed by atoms with Crippen molar-refractivity contribution < 1.29 is 0 Å². The Labute approximate surface area is 339 Å². The van der Waals surface area contributed by atoms with Gasteiger partial charge in [-0.2, -0.15) is 0 Å². The largest absolute Gasteiger partial charge is 0.356 e. The molecule has 5 aromatic carbocycles. The molecule has 0 bridgehead atoms. The number of amidine groups is 2. The second-order valence-corrected chi connectivity index (χ2v) is 16.3. The number of allylic oxidation sites excluding steroid dienone is 6. The summed E-state index contributed by atoms with van der Waals surface area (Å²) in [7, 11) is 0. The number of hydrogen-bond acceptors (Lipinski definition) is 4. The van der Waals surface area contributed by atoms with Crippen LogP contribution < -0.4 is 10.2 Å². The van der Waals surface area contributed by atoms with Crippen LogP contribution in [0, 0.1) is 17.8 Å². The van der Waals surface area contributed by atoms with Crippen molar-refractivity contribution in [3.8, 4) is 5.69 Å². The molecule has 0 radical (unpaired) electrons. The molecule has 0 amide bonds. The Morgan fingerprint density at radius 3 is 2.47 bits per heavy atom. The number of nitrogens with zero attached hydrogens (tertiary/aromatic N) is 4. The van der Waals surface area contributed by atoms with Crippen molar-refractivity contribution in [3.05, 3.63) is 203 Å². The highest BCUT2D eigenvalue weighted by Gasteiger charge is 2.49. The smallest absolute Gasteiger partial charge is 0.147 e. The van der Waals surface area contributed by atoms with Crippen molar-refractivity contribution in [1.29, 1.82) is 0 Å². The maximum Gasteiger partial charge on any atom is 0.147 e. The minimum Gasteiger partial charge on any atom is -0.356 e. The van der Waals surface area contributed by atoms with Crippen molar-refractivity contribution >= 4 is 51.2 Å². The van der Waals surface area contributed by atoms with Gasteiger partial charge in [-0.25, -0.2) is 9.98 Å². The molecule has 1 N–H and O–H groups in total. The lowest BCUT2D eigenvalue weighted by atomic mass is 9.78. The van der Waals surface area contributed by atoms with Gasteiger partial charge < -0.3 is 14.8 Å². The molecule has 6 unspecified atom stereocenters. The summed E-state index contributed by atoms with van der Waals surface area (Å²) in [5.41, 5.74) is 11.3. The molecule has 12 rings (SSSR count). The molecular formula is C53H43N5. The minimum absolute atomic E-state index is 0.122. The summed E-state index contributed by atoms with van der Waals surface area (Å²) in [5.74, 6) is 2.58. The molecule has 5 nitrogen and oxygen atoms in total. The fraction of sp³-hybridized carbons (Fsp3) is 0.170. The van der Waals surface area contributed by atoms with Crippen LogP contribution in [0.1, 0.15) is 58.6 Å². The fourth-order valence-corrected chi connectivity index (χ4v) is 10.6. The number of benzene rings is 5. The number of hydrogen-bond donors (Lipinski definition) is 1. The standard InChI is InChI=1S/C53H43N5/c1-3-18-35(19-4-1)51-54-52(36-20-5-2-6-21-36)56-53(55-51)43-27-13-16-30-46(43)57-45-29-15-12-26-42(45)48-47(57)33-37-22-8-10-24-39(37)50(48)58-44-28-14-11-25-40(44)41-32-31-34-17-7-9-23-38(34)49(41)58/h1-14,16-20,22-28,30-33,36,40-41,44,49,51H,15,21,29H2,(H,54,55,56). The van der Waals surface area contributed by atoms with E-state index >= 15 is 0 Å². The second-order valence-electron chi connectivity index (χ2n) is 16.3. The maximum absolute atomic E-state index is 5.37. The number of rotatable bonds is 5. The van der Waals surface area contributed by atoms with Crippen LogP contribution in [0.15, 0.2) is 180 Å². The van der Waals surface area contributed by atoms with Crippen molar-refractivity contribution in [3.63, 3.8) is 0 Å². The Hall–Kier alpha value is -6.72. The highest BCUT2D eigenvalue weighted by atomic mass is 15.2. The van der Waals surface area contributed by atoms with E-state index in [1.807, 2.05) is 0 Å². The summed E-state index contributed by atoms with van der Waals surface area (Å²) in [6, 6.07) is 40.4. The van der Waals surface area contributed by atoms with Crippen LogP contribution in [0.2, 0.25) is 0 Å². The normalized spacial score (nSPS) is 24.9. The number of fused-ring (bicyclic) bond motifs is 9. The third-order valence-corrected chi connectivity index (χ3v) is 13.2. The van der Waals surface area contributed by atoms with Gasteiger partial charge in [-0.1, -0.05) is 164 Å². The molecular weight excluding hydrogens is 707 g/mol. The zero-order valence-corrected chi connectivity index (χ0v) is 32.2. The van der Waals surface area contributed by atoms with Crippen LogP contribution >= 0.6 is 0 Å². The molecule has 280 valence electrons. The maximum atomic E-state index is 5.37. The summed E-state index contributed by atoms with van der Waals surface area (Å²) in [6.45, 7) is 0. The first-order valence-corrected chi connectivity index (χ1v) is 20.9. The summed E-state index contributed by atoms with van der Waals surface area (Å²) < 4.78 is 2.58. The quantitative estimate of drug-likeness (QED) is 0.191. The fourth-order valence-electron chi connectivity index (χ4n) is 10.6. The van der Waals surface area contributed by atoms with E-state index in [1.54, 1.807) is 0 Å². The average Bonchev–Trinajstić information content (AvgIpc) is 3.81. The molecule has 1 saturated heterocycles. The van der Waals surface area contributed by atoms with E-state index < -0.39 is 0 Å². The lowest BCUT2D eigenvalue weighted by Gasteiger charge is -2.36. The third-order valence-electron chi connectivity index (χ3n) is 13.2. The van der Waals surface area contributed by atoms with Gasteiger partial charge in [-0.3, -0.25) is 0 Å². The molecule has 0 saturated carbocycles. The van der Waals surface area contributed by atoms with Crippen molar-refractivity contribution in [2.24, 2.45) is 27.7 Å². The molecule has 4 aliphatic carbocycles. The van der Waals surface area contributed by atoms with Gasteiger partial charge in [0.1, 0.15) is 17.8 Å². The van der Waals surface area contributed by atoms with E-state index in [2.05, 4.69) is 197 Å². The molecule has 2 aliphatic heterocycles. The number of aliphatic imine (C=N–C) groups is 2. The first-order chi connectivity index (χ1) is 28.8. The number of para-hydroxylation sites is 1. The van der Waals surface area contributed by atoms with E-state index in [-0.39, 0.29) is 24.2 Å². The Bertz CT molecular complexity index is 2900. The van der Waals surface area contributed by atoms with Crippen LogP contribution in [0.25, 0.3) is 39.5 Å². The van der Waals surface area contributed by atoms with E-state index in [1.165, 1.54) is 49.7 Å². The SMILES string of the molecule is C1=CCC(C2=NC(c3ccccc3)NC(c3ccccc3-n3c4c(c5c(N6C7C=CC=CC7C7C=Cc8ccccc8C76)c6ccccc6cc53)C=CCC4)=N2)C=C1. The van der Waals surface area contributed by atoms with Crippen molar-refractivity contribution in [1.82, 2.24) is 9.88 Å². The number of nitrogens with one attached hydrogen (secondary N) is 1. The van der Waals surface area contributed by atoms with E-state index in [0.717, 1.165) is 47.7 Å². The Kier molecular flexibility index (Phi) is 7.75. The Morgan fingerprint density at radius 1 is 0.707 bits per heavy atom. The molecule has 6 atom stereocenters. The lowest BCUT2D eigenvalue weighted by molar-refractivity contribution is 0.502. The first-order valence-electron chi connectivity index (χ1n) is 20.9. The highest BCUT2D eigenvalue weighted by Crippen LogP contribution is 2.56. The van der Waals surface area contributed by atoms with Crippen molar-refractivity contribution in [2.75, 3.05) is 4.90 Å². The van der Waals surface area contributed by atoms with Crippen LogP contribution in [-0.4, -0.2) is 22.3 Å². The van der Waals surface area contributed by atoms with E-state index in [4.69, 9.17) is 9.98 Å². The molecule has 1 aromatic heterocycles. The van der Waals surface area contributed by atoms with Gasteiger partial charge in [0.2, 0.25) is 0 Å². The second kappa shape index (κ2) is 13.5. The summed E-state index contributed by atoms with van der Waals surface area (Å²) >= 11 is 0. The number of aromatic nitrogens is 1.